The molecule has 0 aromatic heterocycles. The van der Waals surface area contributed by atoms with E-state index in [2.05, 4.69) is 15.9 Å². The van der Waals surface area contributed by atoms with Crippen molar-refractivity contribution in [1.29, 1.82) is 0 Å². The zero-order chi connectivity index (χ0) is 8.43. The number of hydrogen-bond donors (Lipinski definition) is 0. The number of benzene rings is 1. The van der Waals surface area contributed by atoms with Crippen LogP contribution in [0.4, 0.5) is 4.39 Å². The van der Waals surface area contributed by atoms with E-state index in [0.717, 1.165) is 6.07 Å². The Balaban J connectivity index is 3.31. The Morgan fingerprint density at radius 3 is 2.73 bits per heavy atom. The van der Waals surface area contributed by atoms with Crippen LogP contribution >= 0.6 is 27.5 Å². The second-order valence-electron chi connectivity index (χ2n) is 1.81. The molecule has 0 saturated heterocycles. The molecule has 11 heavy (non-hydrogen) atoms. The van der Waals surface area contributed by atoms with Crippen molar-refractivity contribution in [3.8, 4) is 0 Å². The Kier molecular flexibility index (Phi) is 3.23. The Hall–Kier alpha value is 0.278. The molecule has 0 aliphatic rings. The van der Waals surface area contributed by atoms with Crippen LogP contribution in [0.3, 0.4) is 0 Å². The van der Waals surface area contributed by atoms with Gasteiger partial charge in [0.15, 0.2) is 0 Å². The molecule has 0 bridgehead atoms. The Bertz CT molecular complexity index is 305. The zero-order valence-electron chi connectivity index (χ0n) is 5.14. The van der Waals surface area contributed by atoms with Gasteiger partial charge in [0.25, 0.3) is 0 Å². The summed E-state index contributed by atoms with van der Waals surface area (Å²) in [5, 5.41) is 0.293. The predicted molar refractivity (Wildman–Crippen MR) is 45.2 cm³/mol. The van der Waals surface area contributed by atoms with Crippen molar-refractivity contribution >= 4 is 47.6 Å². The molecule has 0 heterocycles. The summed E-state index contributed by atoms with van der Waals surface area (Å²) in [5.74, 6) is -0.506. The molecule has 1 aromatic carbocycles. The summed E-state index contributed by atoms with van der Waals surface area (Å²) < 4.78 is 23.9. The molecule has 0 aliphatic heterocycles. The van der Waals surface area contributed by atoms with E-state index in [1.165, 1.54) is 6.07 Å². The summed E-state index contributed by atoms with van der Waals surface area (Å²) in [5.41, 5.74) is 0. The van der Waals surface area contributed by atoms with Crippen molar-refractivity contribution in [1.82, 2.24) is 0 Å². The molecule has 0 saturated carbocycles. The van der Waals surface area contributed by atoms with Gasteiger partial charge in [-0.25, -0.2) is 0 Å². The average Bonchev–Trinajstić information content (AvgIpc) is 1.97. The Labute approximate surface area is 83.0 Å². The molecule has 0 amide bonds. The predicted octanol–water partition coefficient (Wildman–Crippen LogP) is 1.92. The minimum atomic E-state index is -1.32. The van der Waals surface area contributed by atoms with Gasteiger partial charge in [0.05, 0.1) is 0 Å². The molecular formula is C6H2AsBrClFO. The fraction of sp³-hybridized carbons (Fsp3) is 0. The number of rotatable bonds is 1. The molecular weight excluding hydrogens is 297 g/mol. The van der Waals surface area contributed by atoms with Gasteiger partial charge in [0.1, 0.15) is 0 Å². The molecule has 0 aliphatic carbocycles. The molecule has 1 nitrogen and oxygen atoms in total. The standard InChI is InChI=1S/C6H2AsBrClFO/c8-4-1-3(7-11)6(10)2-5(4)9/h1-2H. The van der Waals surface area contributed by atoms with Gasteiger partial charge in [-0.05, 0) is 0 Å². The van der Waals surface area contributed by atoms with Crippen molar-refractivity contribution in [3.05, 3.63) is 27.4 Å². The molecule has 5 heteroatoms. The quantitative estimate of drug-likeness (QED) is 0.572. The van der Waals surface area contributed by atoms with E-state index < -0.39 is 21.5 Å². The monoisotopic (exact) mass is 298 g/mol. The summed E-state index contributed by atoms with van der Waals surface area (Å²) >= 11 is 7.34. The Morgan fingerprint density at radius 2 is 2.18 bits per heavy atom. The van der Waals surface area contributed by atoms with E-state index >= 15 is 0 Å². The first-order valence-electron chi connectivity index (χ1n) is 2.63. The van der Waals surface area contributed by atoms with Crippen molar-refractivity contribution in [3.63, 3.8) is 0 Å². The van der Waals surface area contributed by atoms with Crippen LogP contribution in [-0.4, -0.2) is 15.7 Å². The molecule has 0 fully saturated rings. The van der Waals surface area contributed by atoms with Crippen molar-refractivity contribution in [2.75, 3.05) is 0 Å². The van der Waals surface area contributed by atoms with Crippen LogP contribution in [0.15, 0.2) is 16.6 Å². The first-order chi connectivity index (χ1) is 5.15. The van der Waals surface area contributed by atoms with Crippen molar-refractivity contribution in [2.45, 2.75) is 0 Å². The average molecular weight is 299 g/mol. The van der Waals surface area contributed by atoms with Gasteiger partial charge < -0.3 is 0 Å². The number of halogens is 3. The van der Waals surface area contributed by atoms with Gasteiger partial charge in [0, 0.05) is 0 Å². The molecule has 0 unspecified atom stereocenters. The van der Waals surface area contributed by atoms with E-state index in [1.807, 2.05) is 0 Å². The first-order valence-corrected chi connectivity index (χ1v) is 5.50. The summed E-state index contributed by atoms with van der Waals surface area (Å²) in [6.07, 6.45) is 0. The molecule has 0 atom stereocenters. The van der Waals surface area contributed by atoms with E-state index in [9.17, 15) is 8.13 Å². The molecule has 0 N–H and O–H groups in total. The zero-order valence-corrected chi connectivity index (χ0v) is 9.36. The minimum absolute atomic E-state index is 0.220. The molecule has 1 rings (SSSR count). The van der Waals surface area contributed by atoms with Crippen molar-refractivity contribution < 1.29 is 8.13 Å². The molecule has 1 aromatic rings. The normalized spacial score (nSPS) is 10.5. The fourth-order valence-corrected chi connectivity index (χ4v) is 2.16. The van der Waals surface area contributed by atoms with E-state index in [1.54, 1.807) is 0 Å². The third-order valence-corrected chi connectivity index (χ3v) is 3.42. The van der Waals surface area contributed by atoms with Crippen LogP contribution in [0.1, 0.15) is 0 Å². The van der Waals surface area contributed by atoms with Gasteiger partial charge >= 0.3 is 83.1 Å². The van der Waals surface area contributed by atoms with E-state index in [4.69, 9.17) is 11.6 Å². The SMILES string of the molecule is O=[As]c1cc(Br)c(Cl)cc1F. The van der Waals surface area contributed by atoms with Gasteiger partial charge in [0.2, 0.25) is 0 Å². The van der Waals surface area contributed by atoms with Crippen LogP contribution in [0, 0.1) is 5.82 Å². The molecule has 0 radical (unpaired) electrons. The van der Waals surface area contributed by atoms with Gasteiger partial charge in [-0.2, -0.15) is 0 Å². The number of hydrogen-bond acceptors (Lipinski definition) is 1. The topological polar surface area (TPSA) is 17.1 Å². The van der Waals surface area contributed by atoms with Gasteiger partial charge in [-0.15, -0.1) is 0 Å². The molecule has 0 spiro atoms. The van der Waals surface area contributed by atoms with Crippen LogP contribution in [0.5, 0.6) is 0 Å². The van der Waals surface area contributed by atoms with Crippen LogP contribution in [0.25, 0.3) is 0 Å². The van der Waals surface area contributed by atoms with Crippen molar-refractivity contribution in [2.24, 2.45) is 0 Å². The summed E-state index contributed by atoms with van der Waals surface area (Å²) in [4.78, 5) is 0. The van der Waals surface area contributed by atoms with Gasteiger partial charge in [-0.1, -0.05) is 0 Å². The second-order valence-corrected chi connectivity index (χ2v) is 4.46. The molecule has 58 valence electrons. The Morgan fingerprint density at radius 1 is 1.55 bits per heavy atom. The summed E-state index contributed by atoms with van der Waals surface area (Å²) in [6.45, 7) is 0. The van der Waals surface area contributed by atoms with Crippen LogP contribution < -0.4 is 4.35 Å². The van der Waals surface area contributed by atoms with E-state index in [-0.39, 0.29) is 4.35 Å². The maximum absolute atomic E-state index is 12.7. The first kappa shape index (κ1) is 9.37. The summed E-state index contributed by atoms with van der Waals surface area (Å²) in [6, 6.07) is 2.58. The van der Waals surface area contributed by atoms with Crippen LogP contribution in [-0.2, 0) is 3.74 Å². The van der Waals surface area contributed by atoms with E-state index in [0.29, 0.717) is 9.50 Å². The van der Waals surface area contributed by atoms with Crippen LogP contribution in [0.2, 0.25) is 5.02 Å². The maximum atomic E-state index is 12.7. The summed E-state index contributed by atoms with van der Waals surface area (Å²) in [7, 11) is 0. The third kappa shape index (κ3) is 2.11. The fourth-order valence-electron chi connectivity index (χ4n) is 0.582. The second kappa shape index (κ2) is 3.79. The van der Waals surface area contributed by atoms with Gasteiger partial charge in [-0.3, -0.25) is 0 Å². The third-order valence-electron chi connectivity index (χ3n) is 1.09.